The van der Waals surface area contributed by atoms with Crippen LogP contribution in [0.1, 0.15) is 21.5 Å². The zero-order chi connectivity index (χ0) is 10.1. The van der Waals surface area contributed by atoms with Crippen LogP contribution in [0.4, 0.5) is 0 Å². The highest BCUT2D eigenvalue weighted by molar-refractivity contribution is 7.17. The molecule has 0 unspecified atom stereocenters. The van der Waals surface area contributed by atoms with Crippen molar-refractivity contribution in [2.24, 2.45) is 0 Å². The Kier molecular flexibility index (Phi) is 2.06. The first-order chi connectivity index (χ1) is 6.77. The summed E-state index contributed by atoms with van der Waals surface area (Å²) in [6.07, 6.45) is 0.840. The van der Waals surface area contributed by atoms with Gasteiger partial charge in [0.2, 0.25) is 0 Å². The molecule has 0 bridgehead atoms. The van der Waals surface area contributed by atoms with E-state index in [1.54, 1.807) is 6.07 Å². The maximum absolute atomic E-state index is 10.8. The predicted octanol–water partition coefficient (Wildman–Crippen LogP) is 2.89. The van der Waals surface area contributed by atoms with Crippen LogP contribution >= 0.6 is 11.3 Å². The maximum Gasteiger partial charge on any atom is 0.151 e. The minimum atomic E-state index is 0.638. The van der Waals surface area contributed by atoms with Gasteiger partial charge in [-0.3, -0.25) is 4.79 Å². The van der Waals surface area contributed by atoms with Crippen molar-refractivity contribution in [3.63, 3.8) is 0 Å². The summed E-state index contributed by atoms with van der Waals surface area (Å²) in [5, 5.41) is 11.6. The van der Waals surface area contributed by atoms with Gasteiger partial charge < -0.3 is 0 Å². The van der Waals surface area contributed by atoms with E-state index < -0.39 is 0 Å². The molecule has 3 heteroatoms. The molecule has 0 saturated carbocycles. The monoisotopic (exact) mass is 201 g/mol. The quantitative estimate of drug-likeness (QED) is 0.665. The van der Waals surface area contributed by atoms with Crippen LogP contribution in [0.2, 0.25) is 0 Å². The lowest BCUT2D eigenvalue weighted by Gasteiger charge is -1.99. The van der Waals surface area contributed by atoms with Gasteiger partial charge in [0.1, 0.15) is 0 Å². The van der Waals surface area contributed by atoms with Gasteiger partial charge in [0.05, 0.1) is 11.6 Å². The predicted molar refractivity (Wildman–Crippen MR) is 56.7 cm³/mol. The lowest BCUT2D eigenvalue weighted by molar-refractivity contribution is 0.112. The summed E-state index contributed by atoms with van der Waals surface area (Å²) in [4.78, 5) is 10.8. The first-order valence-electron chi connectivity index (χ1n) is 4.14. The fourth-order valence-electron chi connectivity index (χ4n) is 1.54. The molecule has 0 amide bonds. The van der Waals surface area contributed by atoms with Crippen LogP contribution in [0, 0.1) is 18.3 Å². The van der Waals surface area contributed by atoms with Crippen LogP contribution in [-0.2, 0) is 0 Å². The molecule has 0 N–H and O–H groups in total. The van der Waals surface area contributed by atoms with Crippen LogP contribution in [0.25, 0.3) is 10.1 Å². The second-order valence-electron chi connectivity index (χ2n) is 3.03. The van der Waals surface area contributed by atoms with Gasteiger partial charge in [-0.2, -0.15) is 5.26 Å². The topological polar surface area (TPSA) is 40.9 Å². The number of aldehydes is 1. The SMILES string of the molecule is Cc1c(C#N)ccc2scc(C=O)c12. The van der Waals surface area contributed by atoms with Crippen LogP contribution < -0.4 is 0 Å². The molecule has 0 atom stereocenters. The van der Waals surface area contributed by atoms with Crippen molar-refractivity contribution < 1.29 is 4.79 Å². The van der Waals surface area contributed by atoms with Crippen molar-refractivity contribution in [2.75, 3.05) is 0 Å². The summed E-state index contributed by atoms with van der Waals surface area (Å²) in [6, 6.07) is 5.80. The van der Waals surface area contributed by atoms with E-state index in [2.05, 4.69) is 6.07 Å². The van der Waals surface area contributed by atoms with E-state index in [9.17, 15) is 4.79 Å². The lowest BCUT2D eigenvalue weighted by atomic mass is 10.0. The number of carbonyl (C=O) groups is 1. The lowest BCUT2D eigenvalue weighted by Crippen LogP contribution is -1.85. The third-order valence-electron chi connectivity index (χ3n) is 2.28. The standard InChI is InChI=1S/C11H7NOS/c1-7-8(4-12)2-3-10-11(7)9(5-13)6-14-10/h2-3,5-6H,1H3. The van der Waals surface area contributed by atoms with Gasteiger partial charge in [-0.05, 0) is 24.6 Å². The number of fused-ring (bicyclic) bond motifs is 1. The molecular formula is C11H7NOS. The van der Waals surface area contributed by atoms with Crippen molar-refractivity contribution in [3.05, 3.63) is 34.2 Å². The Labute approximate surface area is 85.4 Å². The van der Waals surface area contributed by atoms with Gasteiger partial charge in [-0.1, -0.05) is 0 Å². The molecule has 14 heavy (non-hydrogen) atoms. The minimum absolute atomic E-state index is 0.638. The normalized spacial score (nSPS) is 10.0. The number of hydrogen-bond donors (Lipinski definition) is 0. The first-order valence-corrected chi connectivity index (χ1v) is 5.02. The summed E-state index contributed by atoms with van der Waals surface area (Å²) in [7, 11) is 0. The molecule has 1 aromatic heterocycles. The fourth-order valence-corrected chi connectivity index (χ4v) is 2.50. The largest absolute Gasteiger partial charge is 0.298 e. The molecule has 0 spiro atoms. The van der Waals surface area contributed by atoms with Gasteiger partial charge in [-0.15, -0.1) is 11.3 Å². The fraction of sp³-hybridized carbons (Fsp3) is 0.0909. The Hall–Kier alpha value is -1.66. The van der Waals surface area contributed by atoms with E-state index in [-0.39, 0.29) is 0 Å². The molecule has 0 aliphatic rings. The molecule has 0 saturated heterocycles. The highest BCUT2D eigenvalue weighted by Crippen LogP contribution is 2.29. The molecule has 2 rings (SSSR count). The van der Waals surface area contributed by atoms with E-state index in [1.807, 2.05) is 18.4 Å². The van der Waals surface area contributed by atoms with Gasteiger partial charge in [0.15, 0.2) is 6.29 Å². The second-order valence-corrected chi connectivity index (χ2v) is 3.94. The summed E-state index contributed by atoms with van der Waals surface area (Å²) in [5.41, 5.74) is 2.21. The smallest absolute Gasteiger partial charge is 0.151 e. The van der Waals surface area contributed by atoms with Crippen LogP contribution in [0.15, 0.2) is 17.5 Å². The first kappa shape index (κ1) is 8.92. The Morgan fingerprint density at radius 1 is 1.50 bits per heavy atom. The van der Waals surface area contributed by atoms with Crippen molar-refractivity contribution in [1.82, 2.24) is 0 Å². The second kappa shape index (κ2) is 3.24. The molecule has 2 aromatic rings. The number of carbonyl (C=O) groups excluding carboxylic acids is 1. The van der Waals surface area contributed by atoms with Crippen molar-refractivity contribution >= 4 is 27.7 Å². The van der Waals surface area contributed by atoms with Crippen molar-refractivity contribution in [1.29, 1.82) is 5.26 Å². The highest BCUT2D eigenvalue weighted by Gasteiger charge is 2.08. The van der Waals surface area contributed by atoms with Crippen LogP contribution in [0.3, 0.4) is 0 Å². The average molecular weight is 201 g/mol. The Morgan fingerprint density at radius 2 is 2.29 bits per heavy atom. The number of thiophene rings is 1. The van der Waals surface area contributed by atoms with E-state index in [0.717, 1.165) is 21.9 Å². The van der Waals surface area contributed by atoms with E-state index >= 15 is 0 Å². The molecule has 1 heterocycles. The van der Waals surface area contributed by atoms with E-state index in [1.165, 1.54) is 11.3 Å². The number of aryl methyl sites for hydroxylation is 1. The summed E-state index contributed by atoms with van der Waals surface area (Å²) >= 11 is 1.53. The van der Waals surface area contributed by atoms with Crippen molar-refractivity contribution in [3.8, 4) is 6.07 Å². The highest BCUT2D eigenvalue weighted by atomic mass is 32.1. The van der Waals surface area contributed by atoms with Gasteiger partial charge in [0, 0.05) is 21.0 Å². The maximum atomic E-state index is 10.8. The number of benzene rings is 1. The summed E-state index contributed by atoms with van der Waals surface area (Å²) < 4.78 is 1.06. The third-order valence-corrected chi connectivity index (χ3v) is 3.24. The Bertz CT molecular complexity index is 548. The van der Waals surface area contributed by atoms with Gasteiger partial charge in [-0.25, -0.2) is 0 Å². The van der Waals surface area contributed by atoms with Crippen LogP contribution in [-0.4, -0.2) is 6.29 Å². The number of nitrogens with zero attached hydrogens (tertiary/aromatic N) is 1. The number of rotatable bonds is 1. The molecule has 68 valence electrons. The summed E-state index contributed by atoms with van der Waals surface area (Å²) in [6.45, 7) is 1.88. The molecule has 0 aliphatic carbocycles. The molecule has 0 fully saturated rings. The Morgan fingerprint density at radius 3 is 2.93 bits per heavy atom. The average Bonchev–Trinajstić information content (AvgIpc) is 2.62. The molecular weight excluding hydrogens is 194 g/mol. The van der Waals surface area contributed by atoms with E-state index in [0.29, 0.717) is 11.1 Å². The van der Waals surface area contributed by atoms with Gasteiger partial charge >= 0.3 is 0 Å². The summed E-state index contributed by atoms with van der Waals surface area (Å²) in [5.74, 6) is 0. The number of hydrogen-bond acceptors (Lipinski definition) is 3. The van der Waals surface area contributed by atoms with Crippen LogP contribution in [0.5, 0.6) is 0 Å². The molecule has 0 aliphatic heterocycles. The molecule has 1 aromatic carbocycles. The molecule has 0 radical (unpaired) electrons. The zero-order valence-electron chi connectivity index (χ0n) is 7.57. The number of nitriles is 1. The minimum Gasteiger partial charge on any atom is -0.298 e. The Balaban J connectivity index is 2.92. The third kappa shape index (κ3) is 1.12. The van der Waals surface area contributed by atoms with Crippen molar-refractivity contribution in [2.45, 2.75) is 6.92 Å². The van der Waals surface area contributed by atoms with Gasteiger partial charge in [0.25, 0.3) is 0 Å². The zero-order valence-corrected chi connectivity index (χ0v) is 8.39. The molecule has 2 nitrogen and oxygen atoms in total. The van der Waals surface area contributed by atoms with E-state index in [4.69, 9.17) is 5.26 Å².